The molecule has 0 aromatic heterocycles. The standard InChI is InChI=1S/C14H19BrN2O3S/c1-20-10-3-4-12(15)14(6-10)21(18,19)17-7-9-2-5-13(16)11(9)8-17/h3-4,6,9,11,13H,2,5,7-8,16H2,1H3. The number of hydrogen-bond acceptors (Lipinski definition) is 4. The van der Waals surface area contributed by atoms with Crippen molar-refractivity contribution in [1.29, 1.82) is 0 Å². The summed E-state index contributed by atoms with van der Waals surface area (Å²) in [6.45, 7) is 1.10. The Morgan fingerprint density at radius 2 is 2.10 bits per heavy atom. The number of hydrogen-bond donors (Lipinski definition) is 1. The van der Waals surface area contributed by atoms with E-state index in [1.54, 1.807) is 22.5 Å². The average Bonchev–Trinajstić information content (AvgIpc) is 3.02. The van der Waals surface area contributed by atoms with Crippen LogP contribution in [0.25, 0.3) is 0 Å². The molecular formula is C14H19BrN2O3S. The van der Waals surface area contributed by atoms with E-state index in [9.17, 15) is 8.42 Å². The Morgan fingerprint density at radius 1 is 1.33 bits per heavy atom. The van der Waals surface area contributed by atoms with Gasteiger partial charge >= 0.3 is 0 Å². The zero-order valence-corrected chi connectivity index (χ0v) is 14.2. The Balaban J connectivity index is 1.91. The molecule has 1 aliphatic carbocycles. The van der Waals surface area contributed by atoms with E-state index in [4.69, 9.17) is 10.5 Å². The normalized spacial score (nSPS) is 29.6. The van der Waals surface area contributed by atoms with Gasteiger partial charge in [-0.05, 0) is 52.7 Å². The lowest BCUT2D eigenvalue weighted by atomic mass is 9.98. The maximum atomic E-state index is 12.9. The molecule has 3 atom stereocenters. The number of ether oxygens (including phenoxy) is 1. The molecule has 2 N–H and O–H groups in total. The SMILES string of the molecule is COc1ccc(Br)c(S(=O)(=O)N2CC3CCC(N)C3C2)c1. The van der Waals surface area contributed by atoms with Gasteiger partial charge in [0.2, 0.25) is 10.0 Å². The van der Waals surface area contributed by atoms with Crippen LogP contribution in [0.5, 0.6) is 5.75 Å². The monoisotopic (exact) mass is 374 g/mol. The minimum absolute atomic E-state index is 0.129. The van der Waals surface area contributed by atoms with E-state index in [2.05, 4.69) is 15.9 Å². The number of nitrogens with two attached hydrogens (primary N) is 1. The highest BCUT2D eigenvalue weighted by Crippen LogP contribution is 2.40. The fourth-order valence-electron chi connectivity index (χ4n) is 3.41. The minimum atomic E-state index is -3.52. The van der Waals surface area contributed by atoms with Crippen molar-refractivity contribution in [2.45, 2.75) is 23.8 Å². The van der Waals surface area contributed by atoms with Gasteiger partial charge in [0.05, 0.1) is 7.11 Å². The van der Waals surface area contributed by atoms with Crippen LogP contribution in [0.1, 0.15) is 12.8 Å². The van der Waals surface area contributed by atoms with Crippen LogP contribution >= 0.6 is 15.9 Å². The van der Waals surface area contributed by atoms with Gasteiger partial charge in [0, 0.05) is 29.7 Å². The van der Waals surface area contributed by atoms with Gasteiger partial charge in [0.25, 0.3) is 0 Å². The van der Waals surface area contributed by atoms with Crippen LogP contribution in [-0.2, 0) is 10.0 Å². The van der Waals surface area contributed by atoms with Crippen LogP contribution < -0.4 is 10.5 Å². The molecule has 1 aliphatic heterocycles. The van der Waals surface area contributed by atoms with Gasteiger partial charge in [-0.2, -0.15) is 4.31 Å². The van der Waals surface area contributed by atoms with E-state index in [1.807, 2.05) is 0 Å². The topological polar surface area (TPSA) is 72.6 Å². The average molecular weight is 375 g/mol. The molecule has 7 heteroatoms. The van der Waals surface area contributed by atoms with Gasteiger partial charge in [-0.3, -0.25) is 0 Å². The molecule has 0 spiro atoms. The Kier molecular flexibility index (Phi) is 4.02. The minimum Gasteiger partial charge on any atom is -0.497 e. The van der Waals surface area contributed by atoms with Crippen molar-refractivity contribution < 1.29 is 13.2 Å². The molecule has 0 radical (unpaired) electrons. The first-order chi connectivity index (χ1) is 9.93. The predicted octanol–water partition coefficient (Wildman–Crippen LogP) is 1.82. The third-order valence-corrected chi connectivity index (χ3v) is 7.46. The second-order valence-corrected chi connectivity index (χ2v) is 8.54. The van der Waals surface area contributed by atoms with Crippen molar-refractivity contribution >= 4 is 26.0 Å². The number of rotatable bonds is 3. The Labute approximate surface area is 133 Å². The second-order valence-electron chi connectivity index (χ2n) is 5.78. The van der Waals surface area contributed by atoms with Gasteiger partial charge in [-0.25, -0.2) is 8.42 Å². The summed E-state index contributed by atoms with van der Waals surface area (Å²) in [5.74, 6) is 1.23. The Hall–Kier alpha value is -0.630. The van der Waals surface area contributed by atoms with Gasteiger partial charge in [-0.1, -0.05) is 0 Å². The number of halogens is 1. The summed E-state index contributed by atoms with van der Waals surface area (Å²) in [4.78, 5) is 0.260. The summed E-state index contributed by atoms with van der Waals surface area (Å²) in [6.07, 6.45) is 2.03. The van der Waals surface area contributed by atoms with Crippen molar-refractivity contribution in [2.75, 3.05) is 20.2 Å². The molecular weight excluding hydrogens is 356 g/mol. The number of methoxy groups -OCH3 is 1. The first-order valence-electron chi connectivity index (χ1n) is 7.02. The number of nitrogens with zero attached hydrogens (tertiary/aromatic N) is 1. The molecule has 21 heavy (non-hydrogen) atoms. The zero-order valence-electron chi connectivity index (χ0n) is 11.8. The third kappa shape index (κ3) is 2.60. The smallest absolute Gasteiger partial charge is 0.244 e. The molecule has 5 nitrogen and oxygen atoms in total. The fourth-order valence-corrected chi connectivity index (χ4v) is 5.88. The van der Waals surface area contributed by atoms with E-state index < -0.39 is 10.0 Å². The van der Waals surface area contributed by atoms with Crippen LogP contribution in [-0.4, -0.2) is 39.0 Å². The molecule has 3 rings (SSSR count). The third-order valence-electron chi connectivity index (χ3n) is 4.64. The van der Waals surface area contributed by atoms with E-state index >= 15 is 0 Å². The van der Waals surface area contributed by atoms with E-state index in [0.29, 0.717) is 35.1 Å². The molecule has 1 saturated heterocycles. The van der Waals surface area contributed by atoms with Crippen LogP contribution in [0.4, 0.5) is 0 Å². The van der Waals surface area contributed by atoms with Crippen molar-refractivity contribution in [3.8, 4) is 5.75 Å². The summed E-state index contributed by atoms with van der Waals surface area (Å²) in [5, 5.41) is 0. The number of fused-ring (bicyclic) bond motifs is 1. The van der Waals surface area contributed by atoms with Crippen LogP contribution in [0.2, 0.25) is 0 Å². The summed E-state index contributed by atoms with van der Waals surface area (Å²) >= 11 is 3.33. The van der Waals surface area contributed by atoms with E-state index in [-0.39, 0.29) is 10.9 Å². The summed E-state index contributed by atoms with van der Waals surface area (Å²) in [5.41, 5.74) is 6.09. The maximum Gasteiger partial charge on any atom is 0.244 e. The van der Waals surface area contributed by atoms with Crippen molar-refractivity contribution in [3.63, 3.8) is 0 Å². The van der Waals surface area contributed by atoms with Gasteiger partial charge in [-0.15, -0.1) is 0 Å². The molecule has 0 bridgehead atoms. The summed E-state index contributed by atoms with van der Waals surface area (Å²) in [7, 11) is -1.99. The highest BCUT2D eigenvalue weighted by atomic mass is 79.9. The lowest BCUT2D eigenvalue weighted by molar-refractivity contribution is 0.411. The molecule has 116 valence electrons. The van der Waals surface area contributed by atoms with Gasteiger partial charge in [0.1, 0.15) is 10.6 Å². The second kappa shape index (κ2) is 5.53. The van der Waals surface area contributed by atoms with Crippen LogP contribution in [0.3, 0.4) is 0 Å². The van der Waals surface area contributed by atoms with Crippen molar-refractivity contribution in [2.24, 2.45) is 17.6 Å². The van der Waals surface area contributed by atoms with Gasteiger partial charge < -0.3 is 10.5 Å². The van der Waals surface area contributed by atoms with Crippen molar-refractivity contribution in [3.05, 3.63) is 22.7 Å². The van der Waals surface area contributed by atoms with Crippen LogP contribution in [0, 0.1) is 11.8 Å². The zero-order chi connectivity index (χ0) is 15.2. The molecule has 1 heterocycles. The maximum absolute atomic E-state index is 12.9. The number of benzene rings is 1. The first kappa shape index (κ1) is 15.3. The summed E-state index contributed by atoms with van der Waals surface area (Å²) in [6, 6.07) is 5.13. The van der Waals surface area contributed by atoms with E-state index in [1.165, 1.54) is 7.11 Å². The summed E-state index contributed by atoms with van der Waals surface area (Å²) < 4.78 is 33.0. The lowest BCUT2D eigenvalue weighted by Crippen LogP contribution is -2.33. The fraction of sp³-hybridized carbons (Fsp3) is 0.571. The van der Waals surface area contributed by atoms with E-state index in [0.717, 1.165) is 12.8 Å². The molecule has 2 aliphatic rings. The predicted molar refractivity (Wildman–Crippen MR) is 83.6 cm³/mol. The molecule has 0 amide bonds. The highest BCUT2D eigenvalue weighted by Gasteiger charge is 2.45. The molecule has 1 aromatic carbocycles. The lowest BCUT2D eigenvalue weighted by Gasteiger charge is -2.19. The molecule has 1 aromatic rings. The largest absolute Gasteiger partial charge is 0.497 e. The Morgan fingerprint density at radius 3 is 2.76 bits per heavy atom. The Bertz CT molecular complexity index is 650. The number of sulfonamides is 1. The first-order valence-corrected chi connectivity index (χ1v) is 9.26. The highest BCUT2D eigenvalue weighted by molar-refractivity contribution is 9.10. The van der Waals surface area contributed by atoms with Gasteiger partial charge in [0.15, 0.2) is 0 Å². The molecule has 3 unspecified atom stereocenters. The van der Waals surface area contributed by atoms with Crippen LogP contribution in [0.15, 0.2) is 27.6 Å². The van der Waals surface area contributed by atoms with Crippen molar-refractivity contribution in [1.82, 2.24) is 4.31 Å². The molecule has 2 fully saturated rings. The quantitative estimate of drug-likeness (QED) is 0.875. The molecule has 1 saturated carbocycles.